The summed E-state index contributed by atoms with van der Waals surface area (Å²) in [6.45, 7) is 3.44. The fourth-order valence-corrected chi connectivity index (χ4v) is 0. The molecule has 3 heteroatoms. The van der Waals surface area contributed by atoms with E-state index in [-0.39, 0.29) is 43.8 Å². The van der Waals surface area contributed by atoms with E-state index < -0.39 is 0 Å². The van der Waals surface area contributed by atoms with E-state index in [9.17, 15) is 0 Å². The molecule has 0 spiro atoms. The van der Waals surface area contributed by atoms with Crippen LogP contribution in [0.4, 0.5) is 0 Å². The Morgan fingerprint density at radius 2 is 1.50 bits per heavy atom. The number of aliphatic hydroxyl groups excluding tert-OH is 1. The van der Waals surface area contributed by atoms with Crippen molar-refractivity contribution < 1.29 is 25.4 Å². The molecule has 0 aromatic heterocycles. The molecule has 0 atom stereocenters. The van der Waals surface area contributed by atoms with Gasteiger partial charge >= 0.3 is 18.9 Å². The largest absolute Gasteiger partial charge is 1.00 e. The summed E-state index contributed by atoms with van der Waals surface area (Å²) in [5, 5.41) is 8.06. The minimum atomic E-state index is -0.167. The molecule has 0 fully saturated rings. The molecule has 34 valence electrons. The van der Waals surface area contributed by atoms with Crippen molar-refractivity contribution in [3.63, 3.8) is 0 Å². The van der Waals surface area contributed by atoms with Crippen LogP contribution in [0.3, 0.4) is 0 Å². The van der Waals surface area contributed by atoms with Crippen LogP contribution in [0.1, 0.15) is 15.3 Å². The zero-order valence-electron chi connectivity index (χ0n) is 5.02. The fraction of sp³-hybridized carbons (Fsp3) is 1.00. The SMILES string of the molecule is CC(C)O.[AlH3].[H-].[Li+]. The summed E-state index contributed by atoms with van der Waals surface area (Å²) in [5.74, 6) is 0. The topological polar surface area (TPSA) is 20.2 Å². The van der Waals surface area contributed by atoms with E-state index in [1.807, 2.05) is 0 Å². The molecule has 0 saturated heterocycles. The number of hydrogen-bond acceptors (Lipinski definition) is 1. The molecule has 0 rings (SSSR count). The van der Waals surface area contributed by atoms with E-state index in [2.05, 4.69) is 0 Å². The van der Waals surface area contributed by atoms with E-state index in [0.717, 1.165) is 0 Å². The second-order valence-corrected chi connectivity index (χ2v) is 1.09. The Morgan fingerprint density at radius 1 is 1.50 bits per heavy atom. The van der Waals surface area contributed by atoms with Crippen LogP contribution in [0.15, 0.2) is 0 Å². The fourth-order valence-electron chi connectivity index (χ4n) is 0. The molecule has 0 heterocycles. The van der Waals surface area contributed by atoms with Gasteiger partial charge in [0.1, 0.15) is 0 Å². The summed E-state index contributed by atoms with van der Waals surface area (Å²) in [5.41, 5.74) is 0. The third kappa shape index (κ3) is 71.7. The van der Waals surface area contributed by atoms with Crippen molar-refractivity contribution in [3.8, 4) is 0 Å². The first-order valence-corrected chi connectivity index (χ1v) is 1.41. The first-order valence-electron chi connectivity index (χ1n) is 1.41. The molecule has 0 aliphatic heterocycles. The molecule has 1 nitrogen and oxygen atoms in total. The van der Waals surface area contributed by atoms with Crippen LogP contribution in [0.2, 0.25) is 0 Å². The van der Waals surface area contributed by atoms with Gasteiger partial charge in [0.05, 0.1) is 0 Å². The predicted octanol–water partition coefficient (Wildman–Crippen LogP) is -3.68. The Kier molecular flexibility index (Phi) is 24.7. The van der Waals surface area contributed by atoms with Crippen LogP contribution >= 0.6 is 0 Å². The van der Waals surface area contributed by atoms with Crippen molar-refractivity contribution in [1.29, 1.82) is 0 Å². The molecule has 0 bridgehead atoms. The molecule has 0 radical (unpaired) electrons. The van der Waals surface area contributed by atoms with Gasteiger partial charge in [0.2, 0.25) is 0 Å². The zero-order chi connectivity index (χ0) is 3.58. The van der Waals surface area contributed by atoms with Crippen molar-refractivity contribution in [1.82, 2.24) is 0 Å². The second-order valence-electron chi connectivity index (χ2n) is 1.09. The number of rotatable bonds is 0. The van der Waals surface area contributed by atoms with Gasteiger partial charge in [0.15, 0.2) is 17.4 Å². The number of hydrogen-bond donors (Lipinski definition) is 1. The Morgan fingerprint density at radius 3 is 1.50 bits per heavy atom. The van der Waals surface area contributed by atoms with E-state index in [0.29, 0.717) is 0 Å². The third-order valence-corrected chi connectivity index (χ3v) is 0. The summed E-state index contributed by atoms with van der Waals surface area (Å²) < 4.78 is 0. The zero-order valence-corrected chi connectivity index (χ0v) is 4.02. The van der Waals surface area contributed by atoms with Crippen LogP contribution in [0.25, 0.3) is 0 Å². The summed E-state index contributed by atoms with van der Waals surface area (Å²) in [6.07, 6.45) is -0.167. The molecular formula is C3H12AlLiO. The molecule has 0 aromatic carbocycles. The molecule has 0 aromatic rings. The van der Waals surface area contributed by atoms with Crippen LogP contribution in [0, 0.1) is 0 Å². The molecule has 0 saturated carbocycles. The van der Waals surface area contributed by atoms with Crippen LogP contribution < -0.4 is 18.9 Å². The molecular weight excluding hydrogens is 86.0 g/mol. The molecule has 0 aliphatic rings. The second kappa shape index (κ2) is 9.43. The summed E-state index contributed by atoms with van der Waals surface area (Å²) in [6, 6.07) is 0. The summed E-state index contributed by atoms with van der Waals surface area (Å²) in [7, 11) is 0. The van der Waals surface area contributed by atoms with Gasteiger partial charge in [-0.1, -0.05) is 0 Å². The van der Waals surface area contributed by atoms with Gasteiger partial charge in [0.25, 0.3) is 0 Å². The molecule has 0 aliphatic carbocycles. The maximum absolute atomic E-state index is 8.06. The van der Waals surface area contributed by atoms with Crippen LogP contribution in [-0.2, 0) is 0 Å². The quantitative estimate of drug-likeness (QED) is 0.309. The Balaban J connectivity index is -0.0000000150. The van der Waals surface area contributed by atoms with Gasteiger partial charge < -0.3 is 6.53 Å². The van der Waals surface area contributed by atoms with E-state index in [1.54, 1.807) is 13.8 Å². The normalized spacial score (nSPS) is 6.00. The summed E-state index contributed by atoms with van der Waals surface area (Å²) in [4.78, 5) is 0. The molecule has 6 heavy (non-hydrogen) atoms. The van der Waals surface area contributed by atoms with Gasteiger partial charge in [0, 0.05) is 6.10 Å². The van der Waals surface area contributed by atoms with Crippen molar-refractivity contribution in [2.24, 2.45) is 0 Å². The predicted molar refractivity (Wildman–Crippen MR) is 28.4 cm³/mol. The standard InChI is InChI=1S/C3H8O.Al.Li.4H/c1-3(2)4;;;;;;/h3-4H,1-2H3;;;;;;/q;;+1;;;;-1. The molecule has 1 N–H and O–H groups in total. The monoisotopic (exact) mass is 98.1 g/mol. The smallest absolute Gasteiger partial charge is 1.00 e. The van der Waals surface area contributed by atoms with E-state index >= 15 is 0 Å². The Bertz CT molecular complexity index is 19.7. The van der Waals surface area contributed by atoms with Crippen molar-refractivity contribution in [2.45, 2.75) is 20.0 Å². The van der Waals surface area contributed by atoms with Gasteiger partial charge in [-0.05, 0) is 13.8 Å². The van der Waals surface area contributed by atoms with Gasteiger partial charge in [-0.3, -0.25) is 0 Å². The van der Waals surface area contributed by atoms with E-state index in [1.165, 1.54) is 0 Å². The molecule has 0 amide bonds. The first kappa shape index (κ1) is 15.7. The minimum absolute atomic E-state index is 0. The summed E-state index contributed by atoms with van der Waals surface area (Å²) >= 11 is 0. The van der Waals surface area contributed by atoms with Crippen molar-refractivity contribution in [3.05, 3.63) is 0 Å². The van der Waals surface area contributed by atoms with Crippen LogP contribution in [-0.4, -0.2) is 28.6 Å². The minimum Gasteiger partial charge on any atom is -1.00 e. The Labute approximate surface area is 62.9 Å². The third-order valence-electron chi connectivity index (χ3n) is 0. The van der Waals surface area contributed by atoms with Gasteiger partial charge in [-0.15, -0.1) is 0 Å². The first-order chi connectivity index (χ1) is 1.73. The van der Waals surface area contributed by atoms with Crippen molar-refractivity contribution >= 4 is 17.4 Å². The average molecular weight is 98.1 g/mol. The Hall–Kier alpha value is 1.09. The van der Waals surface area contributed by atoms with Crippen molar-refractivity contribution in [2.75, 3.05) is 0 Å². The average Bonchev–Trinajstić information content (AvgIpc) is 0.811. The van der Waals surface area contributed by atoms with Gasteiger partial charge in [-0.25, -0.2) is 0 Å². The van der Waals surface area contributed by atoms with E-state index in [4.69, 9.17) is 5.11 Å². The maximum atomic E-state index is 8.06. The van der Waals surface area contributed by atoms with Gasteiger partial charge in [-0.2, -0.15) is 0 Å². The molecule has 0 unspecified atom stereocenters. The van der Waals surface area contributed by atoms with Crippen LogP contribution in [0.5, 0.6) is 0 Å². The number of aliphatic hydroxyl groups is 1. The maximum Gasteiger partial charge on any atom is 1.00 e.